The van der Waals surface area contributed by atoms with Gasteiger partial charge in [-0.1, -0.05) is 20.8 Å². The molecule has 0 aliphatic carbocycles. The maximum atomic E-state index is 14.7. The summed E-state index contributed by atoms with van der Waals surface area (Å²) in [7, 11) is 0. The highest BCUT2D eigenvalue weighted by atomic mass is 32.2. The fourth-order valence-corrected chi connectivity index (χ4v) is 6.02. The summed E-state index contributed by atoms with van der Waals surface area (Å²) in [5.74, 6) is 5.09. The Hall–Kier alpha value is -2.76. The summed E-state index contributed by atoms with van der Waals surface area (Å²) >= 11 is 2.01. The van der Waals surface area contributed by atoms with E-state index >= 15 is 0 Å². The van der Waals surface area contributed by atoms with Gasteiger partial charge < -0.3 is 25.0 Å². The number of rotatable bonds is 11. The molecule has 0 amide bonds. The summed E-state index contributed by atoms with van der Waals surface area (Å²) in [6.07, 6.45) is 4.43. The molecule has 0 radical (unpaired) electrons. The lowest BCUT2D eigenvalue weighted by molar-refractivity contribution is -0.0262. The maximum Gasteiger partial charge on any atom is 0.227 e. The van der Waals surface area contributed by atoms with Crippen LogP contribution >= 0.6 is 11.8 Å². The topological polar surface area (TPSA) is 99.5 Å². The molecule has 9 nitrogen and oxygen atoms in total. The molecule has 5 heterocycles. The summed E-state index contributed by atoms with van der Waals surface area (Å²) in [6, 6.07) is 3.83. The van der Waals surface area contributed by atoms with Crippen LogP contribution in [0.1, 0.15) is 38.8 Å². The third-order valence-corrected chi connectivity index (χ3v) is 8.39. The van der Waals surface area contributed by atoms with E-state index in [4.69, 9.17) is 19.8 Å². The molecular formula is C28H38FN7O2S. The van der Waals surface area contributed by atoms with Crippen molar-refractivity contribution < 1.29 is 14.2 Å². The Bertz CT molecular complexity index is 1260. The van der Waals surface area contributed by atoms with Crippen LogP contribution in [0.5, 0.6) is 0 Å². The molecule has 2 atom stereocenters. The standard InChI is InChI=1S/C28H38FN7O2S/c1-4-39-17-19-14-36(15-19)23-13-32-27(18(2)3)20-11-26(31-12-21(20)23)33-25-5-7-30-28(34-25)35-8-6-24(22(29)16-35)38-10-9-37/h5,7,11-13,18-19,22,24,37H,4,6,8-10,14-17H2,1-3H3,(H,30,31,33,34). The highest BCUT2D eigenvalue weighted by Gasteiger charge is 2.31. The van der Waals surface area contributed by atoms with Gasteiger partial charge in [-0.2, -0.15) is 16.7 Å². The van der Waals surface area contributed by atoms with Crippen molar-refractivity contribution >= 4 is 45.8 Å². The number of ether oxygens (including phenoxy) is 1. The first-order valence-electron chi connectivity index (χ1n) is 13.8. The summed E-state index contributed by atoms with van der Waals surface area (Å²) in [4.78, 5) is 22.8. The van der Waals surface area contributed by atoms with Crippen LogP contribution in [0, 0.1) is 5.92 Å². The largest absolute Gasteiger partial charge is 0.394 e. The number of fused-ring (bicyclic) bond motifs is 1. The van der Waals surface area contributed by atoms with Gasteiger partial charge in [0.05, 0.1) is 43.4 Å². The normalized spacial score (nSPS) is 20.1. The number of aromatic nitrogens is 4. The number of halogens is 1. The van der Waals surface area contributed by atoms with E-state index in [0.29, 0.717) is 30.5 Å². The van der Waals surface area contributed by atoms with E-state index in [2.05, 4.69) is 47.0 Å². The molecule has 0 aromatic carbocycles. The molecule has 210 valence electrons. The zero-order valence-corrected chi connectivity index (χ0v) is 23.7. The second kappa shape index (κ2) is 12.6. The Labute approximate surface area is 233 Å². The molecule has 2 saturated heterocycles. The zero-order chi connectivity index (χ0) is 27.4. The van der Waals surface area contributed by atoms with Crippen molar-refractivity contribution in [1.29, 1.82) is 0 Å². The Morgan fingerprint density at radius 3 is 2.72 bits per heavy atom. The lowest BCUT2D eigenvalue weighted by Gasteiger charge is -2.41. The van der Waals surface area contributed by atoms with Crippen LogP contribution in [0.15, 0.2) is 30.7 Å². The molecule has 2 aliphatic rings. The Morgan fingerprint density at radius 2 is 1.97 bits per heavy atom. The lowest BCUT2D eigenvalue weighted by atomic mass is 9.98. The molecule has 2 fully saturated rings. The van der Waals surface area contributed by atoms with Crippen LogP contribution in [-0.2, 0) is 4.74 Å². The second-order valence-electron chi connectivity index (χ2n) is 10.5. The minimum Gasteiger partial charge on any atom is -0.394 e. The smallest absolute Gasteiger partial charge is 0.227 e. The van der Waals surface area contributed by atoms with Gasteiger partial charge in [0.1, 0.15) is 17.8 Å². The Balaban J connectivity index is 1.32. The van der Waals surface area contributed by atoms with Gasteiger partial charge in [0, 0.05) is 48.7 Å². The van der Waals surface area contributed by atoms with E-state index in [0.717, 1.165) is 46.9 Å². The average Bonchev–Trinajstić information content (AvgIpc) is 2.91. The fraction of sp³-hybridized carbons (Fsp3) is 0.571. The van der Waals surface area contributed by atoms with Gasteiger partial charge in [-0.25, -0.2) is 14.4 Å². The fourth-order valence-electron chi connectivity index (χ4n) is 5.24. The summed E-state index contributed by atoms with van der Waals surface area (Å²) in [5.41, 5.74) is 2.18. The van der Waals surface area contributed by atoms with E-state index in [1.165, 1.54) is 5.75 Å². The third kappa shape index (κ3) is 6.36. The van der Waals surface area contributed by atoms with Crippen molar-refractivity contribution in [3.63, 3.8) is 0 Å². The number of thioether (sulfide) groups is 1. The molecule has 0 spiro atoms. The van der Waals surface area contributed by atoms with Crippen LogP contribution in [0.2, 0.25) is 0 Å². The first-order chi connectivity index (χ1) is 19.0. The molecule has 11 heteroatoms. The van der Waals surface area contributed by atoms with Gasteiger partial charge in [-0.3, -0.25) is 4.98 Å². The third-order valence-electron chi connectivity index (χ3n) is 7.27. The zero-order valence-electron chi connectivity index (χ0n) is 22.9. The first-order valence-corrected chi connectivity index (χ1v) is 14.9. The number of hydrogen-bond acceptors (Lipinski definition) is 10. The van der Waals surface area contributed by atoms with Crippen LogP contribution in [0.25, 0.3) is 10.8 Å². The van der Waals surface area contributed by atoms with E-state index in [9.17, 15) is 4.39 Å². The number of pyridine rings is 2. The molecule has 3 aromatic heterocycles. The molecule has 2 N–H and O–H groups in total. The Kier molecular flexibility index (Phi) is 8.99. The van der Waals surface area contributed by atoms with Crippen LogP contribution < -0.4 is 15.1 Å². The molecule has 5 rings (SSSR count). The van der Waals surface area contributed by atoms with E-state index in [-0.39, 0.29) is 25.7 Å². The van der Waals surface area contributed by atoms with E-state index < -0.39 is 12.3 Å². The van der Waals surface area contributed by atoms with E-state index in [1.54, 1.807) is 12.3 Å². The van der Waals surface area contributed by atoms with Crippen LogP contribution in [0.4, 0.5) is 27.7 Å². The van der Waals surface area contributed by atoms with Crippen molar-refractivity contribution in [2.45, 2.75) is 45.4 Å². The van der Waals surface area contributed by atoms with Crippen molar-refractivity contribution in [3.8, 4) is 0 Å². The van der Waals surface area contributed by atoms with Gasteiger partial charge in [0.2, 0.25) is 5.95 Å². The van der Waals surface area contributed by atoms with Gasteiger partial charge in [-0.15, -0.1) is 0 Å². The molecular weight excluding hydrogens is 517 g/mol. The van der Waals surface area contributed by atoms with Crippen molar-refractivity contribution in [3.05, 3.63) is 36.4 Å². The van der Waals surface area contributed by atoms with E-state index in [1.807, 2.05) is 29.1 Å². The predicted molar refractivity (Wildman–Crippen MR) is 156 cm³/mol. The highest BCUT2D eigenvalue weighted by molar-refractivity contribution is 7.99. The van der Waals surface area contributed by atoms with Gasteiger partial charge in [0.25, 0.3) is 0 Å². The highest BCUT2D eigenvalue weighted by Crippen LogP contribution is 2.36. The van der Waals surface area contributed by atoms with Crippen molar-refractivity contribution in [1.82, 2.24) is 19.9 Å². The number of piperidine rings is 1. The number of aliphatic hydroxyl groups excluding tert-OH is 1. The van der Waals surface area contributed by atoms with Crippen molar-refractivity contribution in [2.24, 2.45) is 5.92 Å². The lowest BCUT2D eigenvalue weighted by Crippen LogP contribution is -2.48. The maximum absolute atomic E-state index is 14.7. The van der Waals surface area contributed by atoms with Crippen LogP contribution in [0.3, 0.4) is 0 Å². The second-order valence-corrected chi connectivity index (χ2v) is 11.8. The van der Waals surface area contributed by atoms with Gasteiger partial charge in [-0.05, 0) is 36.0 Å². The monoisotopic (exact) mass is 555 g/mol. The number of alkyl halides is 1. The molecule has 0 saturated carbocycles. The van der Waals surface area contributed by atoms with Crippen molar-refractivity contribution in [2.75, 3.05) is 66.0 Å². The number of anilines is 4. The first kappa shape index (κ1) is 27.8. The number of aliphatic hydroxyl groups is 1. The van der Waals surface area contributed by atoms with Gasteiger partial charge >= 0.3 is 0 Å². The summed E-state index contributed by atoms with van der Waals surface area (Å²) < 4.78 is 20.1. The molecule has 0 bridgehead atoms. The average molecular weight is 556 g/mol. The number of nitrogens with one attached hydrogen (secondary N) is 1. The quantitative estimate of drug-likeness (QED) is 0.354. The molecule has 2 unspecified atom stereocenters. The SMILES string of the molecule is CCSCC1CN(c2cnc(C(C)C)c3cc(Nc4ccnc(N5CCC(OCCO)C(F)C5)n4)ncc23)C1. The number of nitrogens with zero attached hydrogens (tertiary/aromatic N) is 6. The minimum absolute atomic E-state index is 0.111. The molecule has 2 aliphatic heterocycles. The predicted octanol–water partition coefficient (Wildman–Crippen LogP) is 4.40. The molecule has 39 heavy (non-hydrogen) atoms. The minimum atomic E-state index is -1.17. The summed E-state index contributed by atoms with van der Waals surface area (Å²) in [6.45, 7) is 9.39. The summed E-state index contributed by atoms with van der Waals surface area (Å²) in [5, 5.41) is 14.5. The number of hydrogen-bond donors (Lipinski definition) is 2. The Morgan fingerprint density at radius 1 is 1.13 bits per heavy atom. The van der Waals surface area contributed by atoms with Gasteiger partial charge in [0.15, 0.2) is 0 Å². The molecule has 3 aromatic rings. The van der Waals surface area contributed by atoms with Crippen LogP contribution in [-0.4, -0.2) is 88.2 Å².